The molecule has 0 saturated carbocycles. The van der Waals surface area contributed by atoms with E-state index < -0.39 is 0 Å². The second-order valence-electron chi connectivity index (χ2n) is 6.73. The van der Waals surface area contributed by atoms with Crippen molar-refractivity contribution < 1.29 is 4.79 Å². The minimum absolute atomic E-state index is 0.0686. The Hall–Kier alpha value is -2.41. The average Bonchev–Trinajstić information content (AvgIpc) is 3.23. The van der Waals surface area contributed by atoms with Crippen LogP contribution in [0.3, 0.4) is 0 Å². The van der Waals surface area contributed by atoms with Crippen LogP contribution in [0.5, 0.6) is 0 Å². The topological polar surface area (TPSA) is 54.3 Å². The zero-order chi connectivity index (χ0) is 18.3. The second kappa shape index (κ2) is 6.72. The molecule has 3 aromatic rings. The van der Waals surface area contributed by atoms with Crippen molar-refractivity contribution in [1.82, 2.24) is 19.7 Å². The van der Waals surface area contributed by atoms with Crippen molar-refractivity contribution in [1.29, 1.82) is 0 Å². The molecule has 26 heavy (non-hydrogen) atoms. The second-order valence-corrected chi connectivity index (χ2v) is 7.74. The number of hydrogen-bond donors (Lipinski definition) is 0. The molecule has 1 amide bonds. The van der Waals surface area contributed by atoms with Crippen molar-refractivity contribution in [2.45, 2.75) is 20.3 Å². The Bertz CT molecular complexity index is 933. The third-order valence-corrected chi connectivity index (χ3v) is 6.09. The highest BCUT2D eigenvalue weighted by molar-refractivity contribution is 7.22. The van der Waals surface area contributed by atoms with Gasteiger partial charge in [-0.05, 0) is 36.6 Å². The largest absolute Gasteiger partial charge is 0.345 e. The minimum atomic E-state index is 0.0686. The first-order valence-corrected chi connectivity index (χ1v) is 9.80. The highest BCUT2D eigenvalue weighted by atomic mass is 32.1. The third kappa shape index (κ3) is 2.96. The summed E-state index contributed by atoms with van der Waals surface area (Å²) in [5, 5.41) is 5.24. The summed E-state index contributed by atoms with van der Waals surface area (Å²) in [5.41, 5.74) is 4.02. The highest BCUT2D eigenvalue weighted by Crippen LogP contribution is 2.30. The Morgan fingerprint density at radius 2 is 2.00 bits per heavy atom. The number of fused-ring (bicyclic) bond motifs is 1. The van der Waals surface area contributed by atoms with Crippen LogP contribution >= 0.6 is 11.3 Å². The SMILES string of the molecule is CCc1ccc2nc(N3CCN(C(=O)c4c(C)cnn4C)CC3)sc2c1. The number of carbonyl (C=O) groups is 1. The van der Waals surface area contributed by atoms with Crippen LogP contribution in [0.15, 0.2) is 24.4 Å². The summed E-state index contributed by atoms with van der Waals surface area (Å²) in [6.07, 6.45) is 2.78. The van der Waals surface area contributed by atoms with Gasteiger partial charge in [-0.2, -0.15) is 5.10 Å². The first kappa shape index (κ1) is 17.0. The maximum atomic E-state index is 12.8. The quantitative estimate of drug-likeness (QED) is 0.712. The van der Waals surface area contributed by atoms with Crippen LogP contribution in [0.2, 0.25) is 0 Å². The van der Waals surface area contributed by atoms with Crippen LogP contribution in [0.1, 0.15) is 28.5 Å². The van der Waals surface area contributed by atoms with Crippen molar-refractivity contribution in [2.24, 2.45) is 7.05 Å². The maximum absolute atomic E-state index is 12.8. The van der Waals surface area contributed by atoms with Crippen molar-refractivity contribution in [2.75, 3.05) is 31.1 Å². The molecule has 2 aromatic heterocycles. The first-order chi connectivity index (χ1) is 12.6. The van der Waals surface area contributed by atoms with Crippen LogP contribution in [0, 0.1) is 6.92 Å². The van der Waals surface area contributed by atoms with Gasteiger partial charge in [0.25, 0.3) is 5.91 Å². The van der Waals surface area contributed by atoms with Crippen molar-refractivity contribution in [3.63, 3.8) is 0 Å². The number of hydrogen-bond acceptors (Lipinski definition) is 5. The van der Waals surface area contributed by atoms with Gasteiger partial charge in [0, 0.05) is 33.2 Å². The maximum Gasteiger partial charge on any atom is 0.272 e. The fraction of sp³-hybridized carbons (Fsp3) is 0.421. The molecule has 3 heterocycles. The monoisotopic (exact) mass is 369 g/mol. The number of rotatable bonds is 3. The summed E-state index contributed by atoms with van der Waals surface area (Å²) in [6.45, 7) is 7.14. The van der Waals surface area contributed by atoms with E-state index in [1.807, 2.05) is 18.9 Å². The van der Waals surface area contributed by atoms with Gasteiger partial charge in [0.05, 0.1) is 16.4 Å². The molecule has 0 spiro atoms. The lowest BCUT2D eigenvalue weighted by Gasteiger charge is -2.34. The summed E-state index contributed by atoms with van der Waals surface area (Å²) < 4.78 is 2.91. The molecular formula is C19H23N5OS. The molecule has 0 bridgehead atoms. The van der Waals surface area contributed by atoms with Gasteiger partial charge >= 0.3 is 0 Å². The van der Waals surface area contributed by atoms with E-state index in [1.54, 1.807) is 22.2 Å². The Morgan fingerprint density at radius 1 is 1.23 bits per heavy atom. The Balaban J connectivity index is 1.47. The summed E-state index contributed by atoms with van der Waals surface area (Å²) in [7, 11) is 1.82. The van der Waals surface area contributed by atoms with E-state index in [9.17, 15) is 4.79 Å². The van der Waals surface area contributed by atoms with Gasteiger partial charge in [0.2, 0.25) is 0 Å². The molecule has 1 aromatic carbocycles. The molecule has 136 valence electrons. The molecular weight excluding hydrogens is 346 g/mol. The summed E-state index contributed by atoms with van der Waals surface area (Å²) >= 11 is 1.74. The fourth-order valence-electron chi connectivity index (χ4n) is 3.42. The Labute approximate surface area is 157 Å². The van der Waals surface area contributed by atoms with Crippen molar-refractivity contribution in [3.8, 4) is 0 Å². The summed E-state index contributed by atoms with van der Waals surface area (Å²) in [6, 6.07) is 6.50. The minimum Gasteiger partial charge on any atom is -0.345 e. The van der Waals surface area contributed by atoms with E-state index in [2.05, 4.69) is 35.1 Å². The lowest BCUT2D eigenvalue weighted by Crippen LogP contribution is -2.49. The van der Waals surface area contributed by atoms with Gasteiger partial charge in [-0.1, -0.05) is 24.3 Å². The van der Waals surface area contributed by atoms with Crippen LogP contribution in [-0.2, 0) is 13.5 Å². The molecule has 6 nitrogen and oxygen atoms in total. The first-order valence-electron chi connectivity index (χ1n) is 8.99. The molecule has 1 aliphatic heterocycles. The molecule has 7 heteroatoms. The zero-order valence-corrected chi connectivity index (χ0v) is 16.2. The lowest BCUT2D eigenvalue weighted by atomic mass is 10.2. The van der Waals surface area contributed by atoms with Crippen LogP contribution in [0.25, 0.3) is 10.2 Å². The predicted octanol–water partition coefficient (Wildman–Crippen LogP) is 2.86. The number of piperazine rings is 1. The Morgan fingerprint density at radius 3 is 2.65 bits per heavy atom. The number of aromatic nitrogens is 3. The van der Waals surface area contributed by atoms with Gasteiger partial charge in [-0.15, -0.1) is 0 Å². The van der Waals surface area contributed by atoms with Gasteiger partial charge in [0.15, 0.2) is 5.13 Å². The number of nitrogens with zero attached hydrogens (tertiary/aromatic N) is 5. The molecule has 0 aliphatic carbocycles. The highest BCUT2D eigenvalue weighted by Gasteiger charge is 2.26. The van der Waals surface area contributed by atoms with E-state index in [-0.39, 0.29) is 5.91 Å². The summed E-state index contributed by atoms with van der Waals surface area (Å²) in [4.78, 5) is 21.8. The fourth-order valence-corrected chi connectivity index (χ4v) is 4.50. The number of aryl methyl sites for hydroxylation is 3. The number of amides is 1. The van der Waals surface area contributed by atoms with Crippen LogP contribution < -0.4 is 4.90 Å². The molecule has 0 unspecified atom stereocenters. The lowest BCUT2D eigenvalue weighted by molar-refractivity contribution is 0.0735. The third-order valence-electron chi connectivity index (χ3n) is 5.01. The molecule has 0 atom stereocenters. The summed E-state index contributed by atoms with van der Waals surface area (Å²) in [5.74, 6) is 0.0686. The van der Waals surface area contributed by atoms with Gasteiger partial charge in [-0.3, -0.25) is 9.48 Å². The molecule has 0 N–H and O–H groups in total. The van der Waals surface area contributed by atoms with E-state index >= 15 is 0 Å². The average molecular weight is 369 g/mol. The predicted molar refractivity (Wildman–Crippen MR) is 105 cm³/mol. The van der Waals surface area contributed by atoms with Crippen LogP contribution in [-0.4, -0.2) is 51.8 Å². The molecule has 1 fully saturated rings. The van der Waals surface area contributed by atoms with Gasteiger partial charge in [-0.25, -0.2) is 4.98 Å². The number of thiazole rings is 1. The molecule has 0 radical (unpaired) electrons. The van der Waals surface area contributed by atoms with Gasteiger partial charge in [0.1, 0.15) is 5.69 Å². The van der Waals surface area contributed by atoms with E-state index in [4.69, 9.17) is 4.98 Å². The molecule has 1 aliphatic rings. The number of carbonyl (C=O) groups excluding carboxylic acids is 1. The number of anilines is 1. The van der Waals surface area contributed by atoms with Crippen molar-refractivity contribution >= 4 is 32.6 Å². The molecule has 4 rings (SSSR count). The van der Waals surface area contributed by atoms with Crippen LogP contribution in [0.4, 0.5) is 5.13 Å². The molecule has 1 saturated heterocycles. The normalized spacial score (nSPS) is 15.0. The van der Waals surface area contributed by atoms with E-state index in [1.165, 1.54) is 10.3 Å². The Kier molecular flexibility index (Phi) is 4.40. The van der Waals surface area contributed by atoms with Crippen molar-refractivity contribution in [3.05, 3.63) is 41.2 Å². The van der Waals surface area contributed by atoms with E-state index in [0.717, 1.165) is 35.7 Å². The van der Waals surface area contributed by atoms with Gasteiger partial charge < -0.3 is 9.80 Å². The standard InChI is InChI=1S/C19H23N5OS/c1-4-14-5-6-15-16(11-14)26-19(21-15)24-9-7-23(8-10-24)18(25)17-13(2)12-20-22(17)3/h5-6,11-12H,4,7-10H2,1-3H3. The smallest absolute Gasteiger partial charge is 0.272 e. The van der Waals surface area contributed by atoms with E-state index in [0.29, 0.717) is 18.8 Å². The number of benzene rings is 1. The zero-order valence-electron chi connectivity index (χ0n) is 15.4.